The third-order valence-electron chi connectivity index (χ3n) is 4.49. The maximum atomic E-state index is 12.5. The normalized spacial score (nSPS) is 10.5. The molecule has 1 amide bonds. The number of ether oxygens (including phenoxy) is 1. The molecule has 7 nitrogen and oxygen atoms in total. The Morgan fingerprint density at radius 1 is 1.00 bits per heavy atom. The van der Waals surface area contributed by atoms with Gasteiger partial charge in [0.15, 0.2) is 0 Å². The van der Waals surface area contributed by atoms with Crippen LogP contribution in [0, 0.1) is 0 Å². The minimum Gasteiger partial charge on any atom is -0.487 e. The lowest BCUT2D eigenvalue weighted by Crippen LogP contribution is -2.22. The average molecular weight is 399 g/mol. The lowest BCUT2D eigenvalue weighted by atomic mass is 10.1. The molecule has 2 aromatic heterocycles. The van der Waals surface area contributed by atoms with Crippen LogP contribution in [0.5, 0.6) is 5.75 Å². The van der Waals surface area contributed by atoms with Crippen molar-refractivity contribution < 1.29 is 9.53 Å². The molecule has 0 radical (unpaired) electrons. The van der Waals surface area contributed by atoms with E-state index in [0.29, 0.717) is 25.3 Å². The number of rotatable bonds is 8. The fourth-order valence-electron chi connectivity index (χ4n) is 2.93. The number of pyridine rings is 1. The third kappa shape index (κ3) is 5.29. The average Bonchev–Trinajstić information content (AvgIpc) is 3.31. The summed E-state index contributed by atoms with van der Waals surface area (Å²) in [4.78, 5) is 20.6. The fraction of sp³-hybridized carbons (Fsp3) is 0.130. The first-order chi connectivity index (χ1) is 14.8. The van der Waals surface area contributed by atoms with Crippen LogP contribution < -0.4 is 10.1 Å². The van der Waals surface area contributed by atoms with Crippen LogP contribution in [0.15, 0.2) is 85.6 Å². The molecule has 0 saturated carbocycles. The molecule has 0 aliphatic carbocycles. The molecule has 30 heavy (non-hydrogen) atoms. The number of benzene rings is 2. The number of aromatic nitrogens is 4. The highest BCUT2D eigenvalue weighted by Crippen LogP contribution is 2.15. The van der Waals surface area contributed by atoms with Crippen LogP contribution >= 0.6 is 0 Å². The summed E-state index contributed by atoms with van der Waals surface area (Å²) in [5.74, 6) is 0.618. The van der Waals surface area contributed by atoms with Gasteiger partial charge in [-0.15, -0.1) is 0 Å². The molecule has 150 valence electrons. The monoisotopic (exact) mass is 399 g/mol. The zero-order valence-corrected chi connectivity index (χ0v) is 16.3. The maximum Gasteiger partial charge on any atom is 0.251 e. The maximum absolute atomic E-state index is 12.5. The second-order valence-corrected chi connectivity index (χ2v) is 6.73. The van der Waals surface area contributed by atoms with Crippen LogP contribution in [0.3, 0.4) is 0 Å². The van der Waals surface area contributed by atoms with Gasteiger partial charge in [0, 0.05) is 18.3 Å². The highest BCUT2D eigenvalue weighted by molar-refractivity contribution is 5.94. The van der Waals surface area contributed by atoms with Crippen LogP contribution in [-0.2, 0) is 19.7 Å². The molecule has 0 bridgehead atoms. The minimum atomic E-state index is -0.123. The van der Waals surface area contributed by atoms with Crippen LogP contribution in [0.1, 0.15) is 27.2 Å². The van der Waals surface area contributed by atoms with Gasteiger partial charge in [-0.25, -0.2) is 9.67 Å². The van der Waals surface area contributed by atoms with E-state index in [9.17, 15) is 4.79 Å². The minimum absolute atomic E-state index is 0.123. The summed E-state index contributed by atoms with van der Waals surface area (Å²) in [5, 5.41) is 7.03. The molecular weight excluding hydrogens is 378 g/mol. The molecule has 1 N–H and O–H groups in total. The molecule has 0 fully saturated rings. The van der Waals surface area contributed by atoms with Gasteiger partial charge in [-0.1, -0.05) is 30.3 Å². The largest absolute Gasteiger partial charge is 0.487 e. The molecule has 4 aromatic rings. The number of nitrogens with zero attached hydrogens (tertiary/aromatic N) is 4. The van der Waals surface area contributed by atoms with E-state index in [1.54, 1.807) is 17.2 Å². The van der Waals surface area contributed by atoms with E-state index in [1.165, 1.54) is 6.33 Å². The fourth-order valence-corrected chi connectivity index (χ4v) is 2.93. The molecule has 4 rings (SSSR count). The van der Waals surface area contributed by atoms with Crippen molar-refractivity contribution in [1.82, 2.24) is 25.1 Å². The lowest BCUT2D eigenvalue weighted by Gasteiger charge is -2.09. The molecular formula is C23H21N5O2. The number of nitrogens with one attached hydrogen (secondary N) is 1. The Balaban J connectivity index is 1.30. The van der Waals surface area contributed by atoms with E-state index < -0.39 is 0 Å². The Kier molecular flexibility index (Phi) is 6.10. The quantitative estimate of drug-likeness (QED) is 0.492. The summed E-state index contributed by atoms with van der Waals surface area (Å²) < 4.78 is 7.53. The first-order valence-electron chi connectivity index (χ1n) is 9.57. The highest BCUT2D eigenvalue weighted by atomic mass is 16.5. The smallest absolute Gasteiger partial charge is 0.251 e. The zero-order valence-electron chi connectivity index (χ0n) is 16.3. The second kappa shape index (κ2) is 9.47. The van der Waals surface area contributed by atoms with E-state index in [4.69, 9.17) is 4.74 Å². The summed E-state index contributed by atoms with van der Waals surface area (Å²) in [6.07, 6.45) is 4.90. The van der Waals surface area contributed by atoms with Crippen molar-refractivity contribution in [3.63, 3.8) is 0 Å². The predicted molar refractivity (Wildman–Crippen MR) is 112 cm³/mol. The Bertz CT molecular complexity index is 1080. The van der Waals surface area contributed by atoms with Gasteiger partial charge in [-0.3, -0.25) is 9.78 Å². The SMILES string of the molecule is O=C(NCc1cccc(OCc2ccccn2)c1)c1ccc(Cn2cncn2)cc1. The van der Waals surface area contributed by atoms with E-state index >= 15 is 0 Å². The summed E-state index contributed by atoms with van der Waals surface area (Å²) in [5.41, 5.74) is 3.49. The number of carbonyl (C=O) groups is 1. The molecule has 0 spiro atoms. The summed E-state index contributed by atoms with van der Waals surface area (Å²) >= 11 is 0. The van der Waals surface area contributed by atoms with Crippen LogP contribution in [0.25, 0.3) is 0 Å². The molecule has 0 unspecified atom stereocenters. The van der Waals surface area contributed by atoms with Gasteiger partial charge in [0.25, 0.3) is 5.91 Å². The predicted octanol–water partition coefficient (Wildman–Crippen LogP) is 3.23. The van der Waals surface area contributed by atoms with E-state index in [2.05, 4.69) is 20.4 Å². The van der Waals surface area contributed by atoms with Crippen molar-refractivity contribution in [2.75, 3.05) is 0 Å². The third-order valence-corrected chi connectivity index (χ3v) is 4.49. The summed E-state index contributed by atoms with van der Waals surface area (Å²) in [6, 6.07) is 20.9. The number of carbonyl (C=O) groups excluding carboxylic acids is 1. The van der Waals surface area contributed by atoms with E-state index in [0.717, 1.165) is 22.6 Å². The van der Waals surface area contributed by atoms with Crippen molar-refractivity contribution in [2.45, 2.75) is 19.7 Å². The van der Waals surface area contributed by atoms with Gasteiger partial charge in [0.1, 0.15) is 25.0 Å². The van der Waals surface area contributed by atoms with Gasteiger partial charge in [-0.05, 0) is 47.5 Å². The summed E-state index contributed by atoms with van der Waals surface area (Å²) in [7, 11) is 0. The topological polar surface area (TPSA) is 81.9 Å². The number of hydrogen-bond donors (Lipinski definition) is 1. The molecule has 0 saturated heterocycles. The van der Waals surface area contributed by atoms with Crippen LogP contribution in [0.2, 0.25) is 0 Å². The summed E-state index contributed by atoms with van der Waals surface area (Å²) in [6.45, 7) is 1.44. The Hall–Kier alpha value is -4.00. The molecule has 2 aromatic carbocycles. The van der Waals surface area contributed by atoms with Crippen molar-refractivity contribution in [2.24, 2.45) is 0 Å². The molecule has 7 heteroatoms. The van der Waals surface area contributed by atoms with Gasteiger partial charge in [-0.2, -0.15) is 5.10 Å². The molecule has 0 aliphatic rings. The Labute approximate surface area is 174 Å². The van der Waals surface area contributed by atoms with Crippen molar-refractivity contribution in [1.29, 1.82) is 0 Å². The Morgan fingerprint density at radius 3 is 2.67 bits per heavy atom. The van der Waals surface area contributed by atoms with Crippen molar-refractivity contribution in [3.8, 4) is 5.75 Å². The molecule has 0 atom stereocenters. The van der Waals surface area contributed by atoms with E-state index in [1.807, 2.05) is 66.7 Å². The highest BCUT2D eigenvalue weighted by Gasteiger charge is 2.06. The van der Waals surface area contributed by atoms with Crippen LogP contribution in [0.4, 0.5) is 0 Å². The van der Waals surface area contributed by atoms with Gasteiger partial charge in [0.2, 0.25) is 0 Å². The number of amides is 1. The van der Waals surface area contributed by atoms with E-state index in [-0.39, 0.29) is 5.91 Å². The molecule has 2 heterocycles. The lowest BCUT2D eigenvalue weighted by molar-refractivity contribution is 0.0951. The van der Waals surface area contributed by atoms with Gasteiger partial charge in [0.05, 0.1) is 12.2 Å². The molecule has 0 aliphatic heterocycles. The van der Waals surface area contributed by atoms with Gasteiger partial charge >= 0.3 is 0 Å². The second-order valence-electron chi connectivity index (χ2n) is 6.73. The van der Waals surface area contributed by atoms with Crippen molar-refractivity contribution in [3.05, 3.63) is 108 Å². The van der Waals surface area contributed by atoms with Gasteiger partial charge < -0.3 is 10.1 Å². The zero-order chi connectivity index (χ0) is 20.6. The number of hydrogen-bond acceptors (Lipinski definition) is 5. The van der Waals surface area contributed by atoms with Crippen molar-refractivity contribution >= 4 is 5.91 Å². The standard InChI is InChI=1S/C23H21N5O2/c29-23(20-9-7-18(8-10-20)14-28-17-24-16-27-28)26-13-19-4-3-6-22(12-19)30-15-21-5-1-2-11-25-21/h1-12,16-17H,13-15H2,(H,26,29). The Morgan fingerprint density at radius 2 is 1.90 bits per heavy atom. The van der Waals surface area contributed by atoms with Crippen LogP contribution in [-0.4, -0.2) is 25.7 Å². The first-order valence-corrected chi connectivity index (χ1v) is 9.57. The first kappa shape index (κ1) is 19.3.